The Kier molecular flexibility index (Phi) is 6.60. The van der Waals surface area contributed by atoms with Crippen LogP contribution in [0.15, 0.2) is 54.6 Å². The fourth-order valence-electron chi connectivity index (χ4n) is 3.99. The smallest absolute Gasteiger partial charge is 0.272 e. The van der Waals surface area contributed by atoms with Crippen LogP contribution in [0.2, 0.25) is 0 Å². The maximum Gasteiger partial charge on any atom is 0.272 e. The van der Waals surface area contributed by atoms with Gasteiger partial charge >= 0.3 is 0 Å². The molecular weight excluding hydrogens is 438 g/mol. The summed E-state index contributed by atoms with van der Waals surface area (Å²) in [7, 11) is -2.16. The number of carbonyl (C=O) groups excluding carboxylic acids is 2. The molecular formula is C21H23N3O7S. The van der Waals surface area contributed by atoms with E-state index in [2.05, 4.69) is 0 Å². The maximum absolute atomic E-state index is 13.2. The van der Waals surface area contributed by atoms with Crippen LogP contribution in [0.25, 0.3) is 0 Å². The van der Waals surface area contributed by atoms with Crippen molar-refractivity contribution in [2.45, 2.75) is 30.2 Å². The third-order valence-electron chi connectivity index (χ3n) is 5.73. The molecule has 0 radical (unpaired) electrons. The highest BCUT2D eigenvalue weighted by Crippen LogP contribution is 2.28. The largest absolute Gasteiger partial charge is 0.332 e. The van der Waals surface area contributed by atoms with Gasteiger partial charge in [-0.05, 0) is 5.56 Å². The molecule has 1 aliphatic heterocycles. The molecule has 1 saturated heterocycles. The van der Waals surface area contributed by atoms with Crippen molar-refractivity contribution in [1.82, 2.24) is 9.80 Å². The second-order valence-electron chi connectivity index (χ2n) is 7.69. The van der Waals surface area contributed by atoms with Gasteiger partial charge < -0.3 is 9.80 Å². The van der Waals surface area contributed by atoms with E-state index in [-0.39, 0.29) is 17.7 Å². The Labute approximate surface area is 185 Å². The Morgan fingerprint density at radius 3 is 2.19 bits per heavy atom. The second-order valence-corrected chi connectivity index (χ2v) is 9.33. The molecule has 1 aliphatic rings. The second kappa shape index (κ2) is 9.05. The lowest BCUT2D eigenvalue weighted by atomic mass is 9.95. The van der Waals surface area contributed by atoms with Crippen LogP contribution >= 0.6 is 0 Å². The van der Waals surface area contributed by atoms with E-state index in [4.69, 9.17) is 0 Å². The van der Waals surface area contributed by atoms with Gasteiger partial charge in [0.05, 0.1) is 4.92 Å². The number of likely N-dealkylation sites (N-methyl/N-ethyl adjacent to an activating group) is 2. The molecule has 2 aromatic carbocycles. The first-order chi connectivity index (χ1) is 15.0. The van der Waals surface area contributed by atoms with Crippen molar-refractivity contribution in [3.05, 3.63) is 75.8 Å². The molecule has 2 amide bonds. The van der Waals surface area contributed by atoms with E-state index in [1.165, 1.54) is 43.3 Å². The van der Waals surface area contributed by atoms with Crippen molar-refractivity contribution in [3.8, 4) is 0 Å². The predicted molar refractivity (Wildman–Crippen MR) is 115 cm³/mol. The molecule has 32 heavy (non-hydrogen) atoms. The molecule has 0 spiro atoms. The minimum atomic E-state index is -4.86. The Bertz CT molecular complexity index is 1140. The number of piperazine rings is 1. The molecule has 1 N–H and O–H groups in total. The highest BCUT2D eigenvalue weighted by atomic mass is 32.2. The van der Waals surface area contributed by atoms with Gasteiger partial charge in [0.25, 0.3) is 15.8 Å². The molecule has 3 atom stereocenters. The van der Waals surface area contributed by atoms with Crippen LogP contribution in [0.5, 0.6) is 0 Å². The first kappa shape index (κ1) is 23.4. The van der Waals surface area contributed by atoms with Gasteiger partial charge in [-0.25, -0.2) is 0 Å². The van der Waals surface area contributed by atoms with Crippen molar-refractivity contribution in [2.24, 2.45) is 0 Å². The Balaban J connectivity index is 1.96. The van der Waals surface area contributed by atoms with E-state index in [0.717, 1.165) is 10.5 Å². The molecule has 3 unspecified atom stereocenters. The van der Waals surface area contributed by atoms with Gasteiger partial charge in [-0.15, -0.1) is 0 Å². The van der Waals surface area contributed by atoms with Gasteiger partial charge in [-0.1, -0.05) is 48.5 Å². The minimum absolute atomic E-state index is 0.0304. The Morgan fingerprint density at radius 1 is 1.00 bits per heavy atom. The van der Waals surface area contributed by atoms with Crippen LogP contribution < -0.4 is 0 Å². The van der Waals surface area contributed by atoms with Crippen LogP contribution in [0.3, 0.4) is 0 Å². The highest BCUT2D eigenvalue weighted by Gasteiger charge is 2.50. The average molecular weight is 461 g/mol. The summed E-state index contributed by atoms with van der Waals surface area (Å²) >= 11 is 0. The van der Waals surface area contributed by atoms with Crippen molar-refractivity contribution in [2.75, 3.05) is 14.1 Å². The summed E-state index contributed by atoms with van der Waals surface area (Å²) in [6.07, 6.45) is -0.277. The zero-order chi connectivity index (χ0) is 23.6. The third-order valence-corrected chi connectivity index (χ3v) is 6.92. The van der Waals surface area contributed by atoms with Crippen molar-refractivity contribution >= 4 is 27.6 Å². The molecule has 3 rings (SSSR count). The number of nitro groups is 1. The van der Waals surface area contributed by atoms with Crippen molar-refractivity contribution < 1.29 is 27.5 Å². The number of para-hydroxylation sites is 1. The summed E-state index contributed by atoms with van der Waals surface area (Å²) in [6.45, 7) is 0. The van der Waals surface area contributed by atoms with E-state index in [0.29, 0.717) is 0 Å². The molecule has 0 bridgehead atoms. The first-order valence-electron chi connectivity index (χ1n) is 9.78. The van der Waals surface area contributed by atoms with E-state index in [9.17, 15) is 32.7 Å². The van der Waals surface area contributed by atoms with Gasteiger partial charge in [-0.2, -0.15) is 8.42 Å². The minimum Gasteiger partial charge on any atom is -0.332 e. The van der Waals surface area contributed by atoms with Crippen molar-refractivity contribution in [3.63, 3.8) is 0 Å². The van der Waals surface area contributed by atoms with Gasteiger partial charge in [0.15, 0.2) is 0 Å². The highest BCUT2D eigenvalue weighted by molar-refractivity contribution is 7.86. The number of benzene rings is 2. The van der Waals surface area contributed by atoms with Crippen LogP contribution in [0, 0.1) is 10.1 Å². The summed E-state index contributed by atoms with van der Waals surface area (Å²) < 4.78 is 34.5. The van der Waals surface area contributed by atoms with E-state index in [1.54, 1.807) is 12.1 Å². The van der Waals surface area contributed by atoms with Gasteiger partial charge in [0.2, 0.25) is 11.8 Å². The Hall–Kier alpha value is -3.31. The van der Waals surface area contributed by atoms with E-state index >= 15 is 0 Å². The van der Waals surface area contributed by atoms with Crippen LogP contribution in [0.1, 0.15) is 11.1 Å². The fourth-order valence-corrected chi connectivity index (χ4v) is 5.01. The number of hydrogen-bond donors (Lipinski definition) is 1. The van der Waals surface area contributed by atoms with Crippen molar-refractivity contribution in [1.29, 1.82) is 0 Å². The third kappa shape index (κ3) is 4.63. The first-order valence-corrected chi connectivity index (χ1v) is 11.3. The molecule has 0 aliphatic carbocycles. The molecule has 0 aromatic heterocycles. The molecule has 2 aromatic rings. The monoisotopic (exact) mass is 461 g/mol. The lowest BCUT2D eigenvalue weighted by Gasteiger charge is -2.44. The summed E-state index contributed by atoms with van der Waals surface area (Å²) in [5, 5.41) is 9.56. The predicted octanol–water partition coefficient (Wildman–Crippen LogP) is 1.30. The SMILES string of the molecule is CN1C(=O)C(C(Cc2ccccc2[N+](=O)[O-])S(=O)(=O)O)N(C)C(=O)C1Cc1ccccc1. The maximum atomic E-state index is 13.2. The van der Waals surface area contributed by atoms with Crippen LogP contribution in [-0.4, -0.2) is 70.9 Å². The normalized spacial score (nSPS) is 20.3. The number of carbonyl (C=O) groups is 2. The molecule has 11 heteroatoms. The molecule has 170 valence electrons. The quantitative estimate of drug-likeness (QED) is 0.373. The standard InChI is InChI=1S/C21H23N3O7S/c1-22-17(12-14-8-4-3-5-9-14)20(25)23(2)19(21(22)26)18(32(29,30)31)13-15-10-6-7-11-16(15)24(27)28/h3-11,17-19H,12-13H2,1-2H3,(H,29,30,31). The number of nitrogens with zero attached hydrogens (tertiary/aromatic N) is 3. The summed E-state index contributed by atoms with van der Waals surface area (Å²) in [6, 6.07) is 12.1. The summed E-state index contributed by atoms with van der Waals surface area (Å²) in [4.78, 5) is 39.2. The topological polar surface area (TPSA) is 138 Å². The lowest BCUT2D eigenvalue weighted by Crippen LogP contribution is -2.67. The molecule has 1 heterocycles. The molecule has 1 fully saturated rings. The van der Waals surface area contributed by atoms with Gasteiger partial charge in [0, 0.05) is 38.6 Å². The van der Waals surface area contributed by atoms with E-state index < -0.39 is 50.6 Å². The van der Waals surface area contributed by atoms with Gasteiger partial charge in [0.1, 0.15) is 17.3 Å². The summed E-state index contributed by atoms with van der Waals surface area (Å²) in [5.41, 5.74) is 0.514. The zero-order valence-corrected chi connectivity index (χ0v) is 18.3. The lowest BCUT2D eigenvalue weighted by molar-refractivity contribution is -0.385. The van der Waals surface area contributed by atoms with Gasteiger partial charge in [-0.3, -0.25) is 24.3 Å². The summed E-state index contributed by atoms with van der Waals surface area (Å²) in [5.74, 6) is -1.16. The number of hydrogen-bond acceptors (Lipinski definition) is 6. The molecule has 0 saturated carbocycles. The number of rotatable bonds is 7. The zero-order valence-electron chi connectivity index (χ0n) is 17.5. The van der Waals surface area contributed by atoms with E-state index in [1.807, 2.05) is 18.2 Å². The number of nitro benzene ring substituents is 1. The average Bonchev–Trinajstić information content (AvgIpc) is 2.75. The Morgan fingerprint density at radius 2 is 1.59 bits per heavy atom. The molecule has 10 nitrogen and oxygen atoms in total. The van der Waals surface area contributed by atoms with Crippen LogP contribution in [-0.2, 0) is 32.5 Å². The number of amides is 2. The van der Waals surface area contributed by atoms with Crippen LogP contribution in [0.4, 0.5) is 5.69 Å². The fraction of sp³-hybridized carbons (Fsp3) is 0.333.